The van der Waals surface area contributed by atoms with E-state index < -0.39 is 118 Å². The summed E-state index contributed by atoms with van der Waals surface area (Å²) in [6.07, 6.45) is -23.1. The third-order valence-corrected chi connectivity index (χ3v) is 6.94. The van der Waals surface area contributed by atoms with Crippen molar-refractivity contribution in [2.24, 2.45) is 0 Å². The van der Waals surface area contributed by atoms with Gasteiger partial charge in [-0.3, -0.25) is 0 Å². The van der Waals surface area contributed by atoms with Gasteiger partial charge in [-0.15, -0.1) is 0 Å². The molecule has 0 aromatic rings. The Morgan fingerprint density at radius 3 is 1.27 bits per heavy atom. The van der Waals surface area contributed by atoms with E-state index in [2.05, 4.69) is 0 Å². The van der Waals surface area contributed by atoms with Gasteiger partial charge in [0.05, 0.1) is 31.5 Å². The monoisotopic (exact) mass is 602 g/mol. The van der Waals surface area contributed by atoms with Gasteiger partial charge in [-0.05, 0) is 34.6 Å². The molecule has 3 aliphatic rings. The average Bonchev–Trinajstić information content (AvgIpc) is 2.90. The average molecular weight is 603 g/mol. The summed E-state index contributed by atoms with van der Waals surface area (Å²) in [4.78, 5) is 0. The lowest BCUT2D eigenvalue weighted by molar-refractivity contribution is -0.382. The first-order valence-electron chi connectivity index (χ1n) is 13.6. The second kappa shape index (κ2) is 14.4. The lowest BCUT2D eigenvalue weighted by Gasteiger charge is -2.48. The van der Waals surface area contributed by atoms with Crippen LogP contribution in [0.4, 0.5) is 0 Å². The number of hydrogen-bond acceptors (Lipinski definition) is 16. The molecule has 242 valence electrons. The third-order valence-electron chi connectivity index (χ3n) is 6.94. The topological polar surface area (TPSA) is 247 Å². The van der Waals surface area contributed by atoms with Crippen LogP contribution in [-0.4, -0.2) is 170 Å². The summed E-state index contributed by atoms with van der Waals surface area (Å²) in [5, 5.41) is 93.8. The Balaban J connectivity index is 1.71. The van der Waals surface area contributed by atoms with Crippen molar-refractivity contribution in [1.82, 2.24) is 0 Å². The first-order valence-corrected chi connectivity index (χ1v) is 13.6. The quantitative estimate of drug-likeness (QED) is 0.115. The maximum Gasteiger partial charge on any atom is 0.187 e. The third kappa shape index (κ3) is 8.10. The highest BCUT2D eigenvalue weighted by atomic mass is 16.8. The Kier molecular flexibility index (Phi) is 12.3. The van der Waals surface area contributed by atoms with Crippen molar-refractivity contribution in [3.8, 4) is 0 Å². The van der Waals surface area contributed by atoms with Gasteiger partial charge in [0.25, 0.3) is 0 Å². The summed E-state index contributed by atoms with van der Waals surface area (Å²) in [5.41, 5.74) is -0.755. The van der Waals surface area contributed by atoms with Gasteiger partial charge in [-0.25, -0.2) is 0 Å². The van der Waals surface area contributed by atoms with Gasteiger partial charge < -0.3 is 79.1 Å². The minimum atomic E-state index is -1.87. The van der Waals surface area contributed by atoms with Crippen molar-refractivity contribution < 1.29 is 79.1 Å². The zero-order valence-electron chi connectivity index (χ0n) is 23.7. The maximum absolute atomic E-state index is 10.9. The minimum Gasteiger partial charge on any atom is -0.394 e. The zero-order valence-corrected chi connectivity index (χ0v) is 23.7. The Morgan fingerprint density at radius 2 is 0.902 bits per heavy atom. The van der Waals surface area contributed by atoms with Gasteiger partial charge in [0.1, 0.15) is 73.2 Å². The van der Waals surface area contributed by atoms with E-state index in [1.807, 2.05) is 0 Å². The molecule has 0 bridgehead atoms. The highest BCUT2D eigenvalue weighted by Gasteiger charge is 2.54. The molecule has 9 N–H and O–H groups in total. The molecule has 0 radical (unpaired) electrons. The number of ether oxygens (including phenoxy) is 7. The van der Waals surface area contributed by atoms with E-state index >= 15 is 0 Å². The fourth-order valence-corrected chi connectivity index (χ4v) is 4.96. The molecule has 3 rings (SSSR count). The molecule has 3 aliphatic heterocycles. The van der Waals surface area contributed by atoms with Crippen molar-refractivity contribution in [3.63, 3.8) is 0 Å². The van der Waals surface area contributed by atoms with Gasteiger partial charge in [-0.2, -0.15) is 0 Å². The molecule has 0 amide bonds. The standard InChI is InChI=1S/C25H46O16/c1-9(2)35-22-16(32)13(29)19(10(6-26)36-22)39-23-17(33)14(30)20(11(7-27)37-23)40-24-18(34)15(31)21(12(8-28)38-24)41-25(3,4)5/h9-24,26-34H,6-8H2,1-5H3. The smallest absolute Gasteiger partial charge is 0.187 e. The second-order valence-corrected chi connectivity index (χ2v) is 11.7. The summed E-state index contributed by atoms with van der Waals surface area (Å²) < 4.78 is 39.2. The van der Waals surface area contributed by atoms with Crippen LogP contribution in [0.15, 0.2) is 0 Å². The van der Waals surface area contributed by atoms with E-state index in [-0.39, 0.29) is 6.10 Å². The molecule has 0 saturated carbocycles. The van der Waals surface area contributed by atoms with E-state index in [0.717, 1.165) is 0 Å². The molecule has 16 nitrogen and oxygen atoms in total. The second-order valence-electron chi connectivity index (χ2n) is 11.7. The van der Waals surface area contributed by atoms with E-state index in [4.69, 9.17) is 33.2 Å². The van der Waals surface area contributed by atoms with Crippen molar-refractivity contribution in [3.05, 3.63) is 0 Å². The van der Waals surface area contributed by atoms with Gasteiger partial charge in [0.15, 0.2) is 18.9 Å². The predicted molar refractivity (Wildman–Crippen MR) is 134 cm³/mol. The maximum atomic E-state index is 10.9. The van der Waals surface area contributed by atoms with Crippen molar-refractivity contribution in [1.29, 1.82) is 0 Å². The molecular formula is C25H46O16. The molecule has 0 aromatic carbocycles. The summed E-state index contributed by atoms with van der Waals surface area (Å²) in [5.74, 6) is 0. The molecule has 15 atom stereocenters. The molecule has 3 saturated heterocycles. The SMILES string of the molecule is CC(C)OC1OC(CO)C(OC2OC(CO)C(OC3OC(CO)C(OC(C)(C)C)C(O)C3O)C(O)C2O)C(O)C1O. The van der Waals surface area contributed by atoms with E-state index in [0.29, 0.717) is 0 Å². The summed E-state index contributed by atoms with van der Waals surface area (Å²) in [7, 11) is 0. The fraction of sp³-hybridized carbons (Fsp3) is 1.00. The number of hydrogen-bond donors (Lipinski definition) is 9. The predicted octanol–water partition coefficient (Wildman–Crippen LogP) is -4.32. The van der Waals surface area contributed by atoms with Gasteiger partial charge in [-0.1, -0.05) is 0 Å². The molecule has 0 spiro atoms. The van der Waals surface area contributed by atoms with E-state index in [1.165, 1.54) is 0 Å². The summed E-state index contributed by atoms with van der Waals surface area (Å²) in [6, 6.07) is 0. The lowest BCUT2D eigenvalue weighted by atomic mass is 9.95. The van der Waals surface area contributed by atoms with Crippen molar-refractivity contribution in [2.75, 3.05) is 19.8 Å². The molecule has 0 aliphatic carbocycles. The Hall–Kier alpha value is -0.640. The Morgan fingerprint density at radius 1 is 0.561 bits per heavy atom. The van der Waals surface area contributed by atoms with Crippen LogP contribution in [-0.2, 0) is 33.2 Å². The van der Waals surface area contributed by atoms with Gasteiger partial charge >= 0.3 is 0 Å². The van der Waals surface area contributed by atoms with Crippen LogP contribution in [0.2, 0.25) is 0 Å². The minimum absolute atomic E-state index is 0.378. The molecule has 15 unspecified atom stereocenters. The lowest BCUT2D eigenvalue weighted by Crippen LogP contribution is -2.67. The molecule has 3 heterocycles. The van der Waals surface area contributed by atoms with Gasteiger partial charge in [0, 0.05) is 0 Å². The number of aliphatic hydroxyl groups is 9. The molecule has 0 aromatic heterocycles. The fourth-order valence-electron chi connectivity index (χ4n) is 4.96. The first kappa shape index (κ1) is 34.8. The van der Waals surface area contributed by atoms with Crippen LogP contribution < -0.4 is 0 Å². The van der Waals surface area contributed by atoms with E-state index in [9.17, 15) is 46.0 Å². The van der Waals surface area contributed by atoms with Crippen LogP contribution >= 0.6 is 0 Å². The first-order chi connectivity index (χ1) is 19.1. The summed E-state index contributed by atoms with van der Waals surface area (Å²) in [6.45, 7) is 6.44. The summed E-state index contributed by atoms with van der Waals surface area (Å²) >= 11 is 0. The number of rotatable bonds is 10. The largest absolute Gasteiger partial charge is 0.394 e. The molecule has 16 heteroatoms. The van der Waals surface area contributed by atoms with E-state index in [1.54, 1.807) is 34.6 Å². The Bertz CT molecular complexity index is 790. The molecular weight excluding hydrogens is 556 g/mol. The van der Waals surface area contributed by atoms with Crippen LogP contribution in [0.25, 0.3) is 0 Å². The van der Waals surface area contributed by atoms with Crippen LogP contribution in [0.3, 0.4) is 0 Å². The normalized spacial score (nSPS) is 46.2. The molecule has 41 heavy (non-hydrogen) atoms. The van der Waals surface area contributed by atoms with Crippen molar-refractivity contribution >= 4 is 0 Å². The highest BCUT2D eigenvalue weighted by molar-refractivity contribution is 4.97. The van der Waals surface area contributed by atoms with Crippen LogP contribution in [0, 0.1) is 0 Å². The van der Waals surface area contributed by atoms with Crippen LogP contribution in [0.5, 0.6) is 0 Å². The zero-order chi connectivity index (χ0) is 30.8. The van der Waals surface area contributed by atoms with Gasteiger partial charge in [0.2, 0.25) is 0 Å². The molecule has 3 fully saturated rings. The number of aliphatic hydroxyl groups excluding tert-OH is 9. The van der Waals surface area contributed by atoms with Crippen molar-refractivity contribution in [2.45, 2.75) is 138 Å². The Labute approximate surface area is 237 Å². The van der Waals surface area contributed by atoms with Crippen LogP contribution in [0.1, 0.15) is 34.6 Å². The highest BCUT2D eigenvalue weighted by Crippen LogP contribution is 2.33.